The summed E-state index contributed by atoms with van der Waals surface area (Å²) in [6, 6.07) is 2.29. The number of benzene rings is 1. The Morgan fingerprint density at radius 3 is 2.56 bits per heavy atom. The van der Waals surface area contributed by atoms with E-state index in [1.165, 1.54) is 13.2 Å². The van der Waals surface area contributed by atoms with Crippen LogP contribution in [0.2, 0.25) is 10.0 Å². The molecule has 0 radical (unpaired) electrons. The first-order valence-electron chi connectivity index (χ1n) is 4.44. The Kier molecular flexibility index (Phi) is 4.53. The molecule has 1 atom stereocenters. The lowest BCUT2D eigenvalue weighted by Gasteiger charge is -2.11. The molecule has 1 N–H and O–H groups in total. The summed E-state index contributed by atoms with van der Waals surface area (Å²) in [6.45, 7) is 1.55. The quantitative estimate of drug-likeness (QED) is 0.853. The van der Waals surface area contributed by atoms with E-state index >= 15 is 0 Å². The third-order valence-corrected chi connectivity index (χ3v) is 2.71. The van der Waals surface area contributed by atoms with Crippen LogP contribution in [0.3, 0.4) is 0 Å². The van der Waals surface area contributed by atoms with Crippen molar-refractivity contribution >= 4 is 34.8 Å². The molecular formula is C10H10Cl2FNO2. The van der Waals surface area contributed by atoms with Gasteiger partial charge in [0.05, 0.1) is 15.7 Å². The number of amides is 1. The number of carbonyl (C=O) groups excluding carboxylic acids is 1. The molecule has 1 aromatic carbocycles. The van der Waals surface area contributed by atoms with Crippen molar-refractivity contribution in [2.24, 2.45) is 0 Å². The first kappa shape index (κ1) is 13.2. The molecule has 3 nitrogen and oxygen atoms in total. The number of nitrogens with one attached hydrogen (secondary N) is 1. The molecule has 0 aliphatic rings. The topological polar surface area (TPSA) is 38.3 Å². The summed E-state index contributed by atoms with van der Waals surface area (Å²) in [5, 5.41) is 2.61. The zero-order chi connectivity index (χ0) is 12.3. The van der Waals surface area contributed by atoms with Crippen LogP contribution in [0.1, 0.15) is 6.92 Å². The number of hydrogen-bond donors (Lipinski definition) is 1. The maximum atomic E-state index is 13.4. The number of hydrogen-bond acceptors (Lipinski definition) is 2. The molecule has 0 aromatic heterocycles. The summed E-state index contributed by atoms with van der Waals surface area (Å²) in [5.74, 6) is -1.11. The van der Waals surface area contributed by atoms with Gasteiger partial charge in [-0.15, -0.1) is 0 Å². The number of methoxy groups -OCH3 is 1. The maximum absolute atomic E-state index is 13.4. The minimum absolute atomic E-state index is 0.0247. The molecular weight excluding hydrogens is 256 g/mol. The lowest BCUT2D eigenvalue weighted by molar-refractivity contribution is -0.124. The molecule has 0 heterocycles. The van der Waals surface area contributed by atoms with Crippen LogP contribution in [0.25, 0.3) is 0 Å². The Morgan fingerprint density at radius 1 is 1.44 bits per heavy atom. The van der Waals surface area contributed by atoms with Crippen molar-refractivity contribution in [1.29, 1.82) is 0 Å². The first-order valence-corrected chi connectivity index (χ1v) is 5.19. The van der Waals surface area contributed by atoms with Gasteiger partial charge in [0.1, 0.15) is 11.9 Å². The monoisotopic (exact) mass is 265 g/mol. The minimum Gasteiger partial charge on any atom is -0.372 e. The molecule has 0 aliphatic heterocycles. The Bertz CT molecular complexity index is 412. The fourth-order valence-corrected chi connectivity index (χ4v) is 1.27. The number of ether oxygens (including phenoxy) is 1. The smallest absolute Gasteiger partial charge is 0.253 e. The van der Waals surface area contributed by atoms with Crippen LogP contribution in [-0.2, 0) is 9.53 Å². The fourth-order valence-electron chi connectivity index (χ4n) is 0.960. The van der Waals surface area contributed by atoms with Crippen molar-refractivity contribution in [3.63, 3.8) is 0 Å². The standard InChI is InChI=1S/C10H10Cl2FNO2/c1-5(16-2)10(15)14-9-4-7(12)6(11)3-8(9)13/h3-5H,1-2H3,(H,14,15)/t5-/m1/s1. The second-order valence-electron chi connectivity index (χ2n) is 3.11. The largest absolute Gasteiger partial charge is 0.372 e. The van der Waals surface area contributed by atoms with E-state index in [0.29, 0.717) is 0 Å². The Labute approximate surface area is 102 Å². The van der Waals surface area contributed by atoms with Crippen LogP contribution in [-0.4, -0.2) is 19.1 Å². The lowest BCUT2D eigenvalue weighted by atomic mass is 10.3. The minimum atomic E-state index is -0.672. The van der Waals surface area contributed by atoms with E-state index in [1.807, 2.05) is 0 Å². The van der Waals surface area contributed by atoms with Gasteiger partial charge in [-0.3, -0.25) is 4.79 Å². The van der Waals surface area contributed by atoms with Gasteiger partial charge < -0.3 is 10.1 Å². The van der Waals surface area contributed by atoms with Crippen molar-refractivity contribution in [2.75, 3.05) is 12.4 Å². The van der Waals surface area contributed by atoms with Crippen LogP contribution in [0, 0.1) is 5.82 Å². The predicted octanol–water partition coefficient (Wildman–Crippen LogP) is 3.11. The second-order valence-corrected chi connectivity index (χ2v) is 3.93. The average molecular weight is 266 g/mol. The Balaban J connectivity index is 2.90. The number of carbonyl (C=O) groups is 1. The molecule has 0 unspecified atom stereocenters. The molecule has 1 rings (SSSR count). The highest BCUT2D eigenvalue weighted by Crippen LogP contribution is 2.28. The fraction of sp³-hybridized carbons (Fsp3) is 0.300. The predicted molar refractivity (Wildman–Crippen MR) is 61.5 cm³/mol. The van der Waals surface area contributed by atoms with E-state index in [2.05, 4.69) is 5.32 Å². The van der Waals surface area contributed by atoms with Gasteiger partial charge in [-0.25, -0.2) is 4.39 Å². The van der Waals surface area contributed by atoms with Gasteiger partial charge in [-0.2, -0.15) is 0 Å². The van der Waals surface area contributed by atoms with Gasteiger partial charge in [-0.1, -0.05) is 23.2 Å². The maximum Gasteiger partial charge on any atom is 0.253 e. The number of anilines is 1. The van der Waals surface area contributed by atoms with Gasteiger partial charge in [-0.05, 0) is 19.1 Å². The SMILES string of the molecule is CO[C@H](C)C(=O)Nc1cc(Cl)c(Cl)cc1F. The first-order chi connectivity index (χ1) is 7.45. The van der Waals surface area contributed by atoms with Gasteiger partial charge in [0.2, 0.25) is 0 Å². The molecule has 0 aliphatic carbocycles. The molecule has 0 bridgehead atoms. The molecule has 16 heavy (non-hydrogen) atoms. The zero-order valence-electron chi connectivity index (χ0n) is 8.68. The van der Waals surface area contributed by atoms with Crippen LogP contribution in [0.4, 0.5) is 10.1 Å². The number of halogens is 3. The molecule has 0 fully saturated rings. The summed E-state index contributed by atoms with van der Waals surface area (Å²) >= 11 is 11.3. The highest BCUT2D eigenvalue weighted by molar-refractivity contribution is 6.42. The highest BCUT2D eigenvalue weighted by atomic mass is 35.5. The van der Waals surface area contributed by atoms with E-state index in [0.717, 1.165) is 6.07 Å². The van der Waals surface area contributed by atoms with Crippen molar-refractivity contribution in [1.82, 2.24) is 0 Å². The van der Waals surface area contributed by atoms with Crippen LogP contribution >= 0.6 is 23.2 Å². The average Bonchev–Trinajstić information content (AvgIpc) is 2.24. The third-order valence-electron chi connectivity index (χ3n) is 1.99. The van der Waals surface area contributed by atoms with E-state index in [1.54, 1.807) is 6.92 Å². The summed E-state index contributed by atoms with van der Waals surface area (Å²) < 4.78 is 18.1. The van der Waals surface area contributed by atoms with Crippen molar-refractivity contribution < 1.29 is 13.9 Å². The number of rotatable bonds is 3. The Hall–Kier alpha value is -0.840. The molecule has 0 saturated heterocycles. The van der Waals surface area contributed by atoms with Crippen LogP contribution < -0.4 is 5.32 Å². The van der Waals surface area contributed by atoms with Crippen molar-refractivity contribution in [3.05, 3.63) is 28.0 Å². The molecule has 1 aromatic rings. The van der Waals surface area contributed by atoms with Crippen molar-refractivity contribution in [3.8, 4) is 0 Å². The second kappa shape index (κ2) is 5.48. The summed E-state index contributed by atoms with van der Waals surface area (Å²) in [5.41, 5.74) is -0.0247. The van der Waals surface area contributed by atoms with E-state index in [-0.39, 0.29) is 15.7 Å². The van der Waals surface area contributed by atoms with E-state index in [4.69, 9.17) is 27.9 Å². The van der Waals surface area contributed by atoms with Gasteiger partial charge in [0.15, 0.2) is 0 Å². The van der Waals surface area contributed by atoms with Gasteiger partial charge >= 0.3 is 0 Å². The highest BCUT2D eigenvalue weighted by Gasteiger charge is 2.15. The van der Waals surface area contributed by atoms with Crippen LogP contribution in [0.15, 0.2) is 12.1 Å². The van der Waals surface area contributed by atoms with Gasteiger partial charge in [0, 0.05) is 7.11 Å². The Morgan fingerprint density at radius 2 is 2.00 bits per heavy atom. The normalized spacial score (nSPS) is 12.3. The molecule has 88 valence electrons. The summed E-state index contributed by atoms with van der Waals surface area (Å²) in [6.07, 6.45) is -0.672. The molecule has 6 heteroatoms. The zero-order valence-corrected chi connectivity index (χ0v) is 10.2. The lowest BCUT2D eigenvalue weighted by Crippen LogP contribution is -2.26. The third kappa shape index (κ3) is 3.07. The van der Waals surface area contributed by atoms with Gasteiger partial charge in [0.25, 0.3) is 5.91 Å². The van der Waals surface area contributed by atoms with Crippen LogP contribution in [0.5, 0.6) is 0 Å². The summed E-state index contributed by atoms with van der Waals surface area (Å²) in [7, 11) is 1.38. The van der Waals surface area contributed by atoms with Crippen molar-refractivity contribution in [2.45, 2.75) is 13.0 Å². The summed E-state index contributed by atoms with van der Waals surface area (Å²) in [4.78, 5) is 11.4. The molecule has 1 amide bonds. The molecule has 0 spiro atoms. The van der Waals surface area contributed by atoms with E-state index in [9.17, 15) is 9.18 Å². The van der Waals surface area contributed by atoms with E-state index < -0.39 is 17.8 Å². The molecule has 0 saturated carbocycles.